The highest BCUT2D eigenvalue weighted by molar-refractivity contribution is 7.07. The lowest BCUT2D eigenvalue weighted by molar-refractivity contribution is -0.121. The summed E-state index contributed by atoms with van der Waals surface area (Å²) in [7, 11) is 0. The summed E-state index contributed by atoms with van der Waals surface area (Å²) >= 11 is 1.68. The van der Waals surface area contributed by atoms with Gasteiger partial charge in [0.05, 0.1) is 0 Å². The van der Waals surface area contributed by atoms with Crippen LogP contribution in [0, 0.1) is 0 Å². The third-order valence-electron chi connectivity index (χ3n) is 4.59. The van der Waals surface area contributed by atoms with Crippen molar-refractivity contribution in [1.82, 2.24) is 10.2 Å². The van der Waals surface area contributed by atoms with Crippen molar-refractivity contribution < 1.29 is 4.79 Å². The highest BCUT2D eigenvalue weighted by atomic mass is 32.1. The molecule has 0 atom stereocenters. The molecule has 2 heterocycles. The zero-order chi connectivity index (χ0) is 16.6. The molecule has 1 aromatic carbocycles. The van der Waals surface area contributed by atoms with Gasteiger partial charge in [0, 0.05) is 19.5 Å². The maximum Gasteiger partial charge on any atom is 0.220 e. The van der Waals surface area contributed by atoms with Gasteiger partial charge < -0.3 is 5.32 Å². The van der Waals surface area contributed by atoms with Gasteiger partial charge in [-0.15, -0.1) is 0 Å². The predicted molar refractivity (Wildman–Crippen MR) is 100 cm³/mol. The minimum Gasteiger partial charge on any atom is -0.352 e. The number of carbonyl (C=O) groups excluding carboxylic acids is 1. The molecule has 0 spiro atoms. The Bertz CT molecular complexity index is 616. The fraction of sp³-hybridized carbons (Fsp3) is 0.450. The number of nitrogens with one attached hydrogen (secondary N) is 1. The highest BCUT2D eigenvalue weighted by Crippen LogP contribution is 2.14. The zero-order valence-electron chi connectivity index (χ0n) is 14.2. The number of hydrogen-bond acceptors (Lipinski definition) is 3. The van der Waals surface area contributed by atoms with E-state index in [1.165, 1.54) is 49.0 Å². The lowest BCUT2D eigenvalue weighted by Gasteiger charge is -2.26. The Morgan fingerprint density at radius 2 is 1.75 bits per heavy atom. The summed E-state index contributed by atoms with van der Waals surface area (Å²) < 4.78 is 0. The van der Waals surface area contributed by atoms with E-state index >= 15 is 0 Å². The van der Waals surface area contributed by atoms with Crippen LogP contribution in [0.25, 0.3) is 0 Å². The second-order valence-corrected chi connectivity index (χ2v) is 7.34. The average molecular weight is 343 g/mol. The smallest absolute Gasteiger partial charge is 0.220 e. The number of nitrogens with zero attached hydrogens (tertiary/aromatic N) is 1. The van der Waals surface area contributed by atoms with E-state index < -0.39 is 0 Å². The Hall–Kier alpha value is -1.65. The molecule has 1 N–H and O–H groups in total. The molecule has 2 aromatic rings. The van der Waals surface area contributed by atoms with Crippen molar-refractivity contribution in [1.29, 1.82) is 0 Å². The van der Waals surface area contributed by atoms with Crippen LogP contribution in [0.5, 0.6) is 0 Å². The van der Waals surface area contributed by atoms with E-state index in [9.17, 15) is 4.79 Å². The van der Waals surface area contributed by atoms with Gasteiger partial charge in [-0.3, -0.25) is 9.69 Å². The van der Waals surface area contributed by atoms with Crippen molar-refractivity contribution in [3.8, 4) is 0 Å². The van der Waals surface area contributed by atoms with E-state index in [1.54, 1.807) is 11.3 Å². The largest absolute Gasteiger partial charge is 0.352 e. The first-order valence-electron chi connectivity index (χ1n) is 8.87. The molecule has 0 bridgehead atoms. The van der Waals surface area contributed by atoms with Gasteiger partial charge in [-0.05, 0) is 65.9 Å². The normalized spacial score (nSPS) is 15.3. The van der Waals surface area contributed by atoms with Crippen molar-refractivity contribution in [2.24, 2.45) is 0 Å². The molecule has 1 amide bonds. The van der Waals surface area contributed by atoms with E-state index in [4.69, 9.17) is 0 Å². The lowest BCUT2D eigenvalue weighted by atomic mass is 10.1. The van der Waals surface area contributed by atoms with Gasteiger partial charge in [0.2, 0.25) is 5.91 Å². The summed E-state index contributed by atoms with van der Waals surface area (Å²) in [6.45, 7) is 4.11. The minimum atomic E-state index is 0.124. The number of likely N-dealkylation sites (tertiary alicyclic amines) is 1. The number of benzene rings is 1. The first-order valence-corrected chi connectivity index (χ1v) is 9.82. The fourth-order valence-corrected chi connectivity index (χ4v) is 3.82. The molecule has 3 rings (SSSR count). The molecular weight excluding hydrogens is 316 g/mol. The van der Waals surface area contributed by atoms with Gasteiger partial charge in [-0.25, -0.2) is 0 Å². The Kier molecular flexibility index (Phi) is 6.44. The molecule has 0 saturated carbocycles. The number of carbonyl (C=O) groups is 1. The summed E-state index contributed by atoms with van der Waals surface area (Å²) in [5.41, 5.74) is 3.78. The molecule has 1 aliphatic rings. The molecular formula is C20H26N2OS. The topological polar surface area (TPSA) is 32.3 Å². The monoisotopic (exact) mass is 342 g/mol. The second-order valence-electron chi connectivity index (χ2n) is 6.56. The van der Waals surface area contributed by atoms with Crippen molar-refractivity contribution in [3.05, 3.63) is 57.8 Å². The zero-order valence-corrected chi connectivity index (χ0v) is 15.0. The number of rotatable bonds is 7. The molecule has 1 aromatic heterocycles. The van der Waals surface area contributed by atoms with Crippen LogP contribution in [0.3, 0.4) is 0 Å². The number of piperidine rings is 1. The lowest BCUT2D eigenvalue weighted by Crippen LogP contribution is -2.29. The average Bonchev–Trinajstić information content (AvgIpc) is 3.14. The van der Waals surface area contributed by atoms with Crippen molar-refractivity contribution >= 4 is 17.2 Å². The van der Waals surface area contributed by atoms with Crippen molar-refractivity contribution in [3.63, 3.8) is 0 Å². The first-order chi connectivity index (χ1) is 11.8. The molecule has 0 radical (unpaired) electrons. The van der Waals surface area contributed by atoms with Gasteiger partial charge in [0.15, 0.2) is 0 Å². The maximum atomic E-state index is 11.9. The first kappa shape index (κ1) is 17.2. The summed E-state index contributed by atoms with van der Waals surface area (Å²) in [6.07, 6.45) is 5.42. The summed E-state index contributed by atoms with van der Waals surface area (Å²) in [5.74, 6) is 0.124. The molecule has 3 nitrogen and oxygen atoms in total. The Labute approximate surface area is 148 Å². The molecule has 24 heavy (non-hydrogen) atoms. The minimum absolute atomic E-state index is 0.124. The van der Waals surface area contributed by atoms with Gasteiger partial charge in [-0.1, -0.05) is 30.7 Å². The van der Waals surface area contributed by atoms with Crippen LogP contribution in [0.1, 0.15) is 42.4 Å². The maximum absolute atomic E-state index is 11.9. The number of thiophene rings is 1. The quantitative estimate of drug-likeness (QED) is 0.825. The molecule has 1 fully saturated rings. The molecule has 0 aliphatic carbocycles. The van der Waals surface area contributed by atoms with Gasteiger partial charge in [0.1, 0.15) is 0 Å². The highest BCUT2D eigenvalue weighted by Gasteiger charge is 2.10. The van der Waals surface area contributed by atoms with Crippen LogP contribution in [-0.2, 0) is 24.3 Å². The van der Waals surface area contributed by atoms with E-state index in [2.05, 4.69) is 51.3 Å². The van der Waals surface area contributed by atoms with Crippen molar-refractivity contribution in [2.45, 2.75) is 45.2 Å². The van der Waals surface area contributed by atoms with E-state index in [0.29, 0.717) is 13.0 Å². The summed E-state index contributed by atoms with van der Waals surface area (Å²) in [5, 5.41) is 7.18. The summed E-state index contributed by atoms with van der Waals surface area (Å²) in [4.78, 5) is 14.5. The Morgan fingerprint density at radius 1 is 1.00 bits per heavy atom. The van der Waals surface area contributed by atoms with E-state index in [1.807, 2.05) is 0 Å². The molecule has 0 unspecified atom stereocenters. The third kappa shape index (κ3) is 5.46. The number of amides is 1. The van der Waals surface area contributed by atoms with E-state index in [-0.39, 0.29) is 5.91 Å². The Morgan fingerprint density at radius 3 is 2.46 bits per heavy atom. The predicted octanol–water partition coefficient (Wildman–Crippen LogP) is 3.98. The summed E-state index contributed by atoms with van der Waals surface area (Å²) in [6, 6.07) is 10.7. The third-order valence-corrected chi connectivity index (χ3v) is 5.32. The van der Waals surface area contributed by atoms with E-state index in [0.717, 1.165) is 13.0 Å². The molecule has 1 saturated heterocycles. The molecule has 4 heteroatoms. The molecule has 1 aliphatic heterocycles. The second kappa shape index (κ2) is 9.00. The number of hydrogen-bond donors (Lipinski definition) is 1. The van der Waals surface area contributed by atoms with Crippen LogP contribution < -0.4 is 5.32 Å². The molecule has 128 valence electrons. The van der Waals surface area contributed by atoms with Crippen LogP contribution in [0.15, 0.2) is 41.1 Å². The van der Waals surface area contributed by atoms with Crippen molar-refractivity contribution in [2.75, 3.05) is 13.1 Å². The van der Waals surface area contributed by atoms with Crippen LogP contribution in [0.2, 0.25) is 0 Å². The van der Waals surface area contributed by atoms with Gasteiger partial charge in [0.25, 0.3) is 0 Å². The van der Waals surface area contributed by atoms with Gasteiger partial charge in [-0.2, -0.15) is 11.3 Å². The van der Waals surface area contributed by atoms with Crippen LogP contribution in [-0.4, -0.2) is 23.9 Å². The fourth-order valence-electron chi connectivity index (χ4n) is 3.12. The SMILES string of the molecule is O=C(CCc1ccsc1)NCc1ccc(CN2CCCCC2)cc1. The number of aryl methyl sites for hydroxylation is 1. The van der Waals surface area contributed by atoms with Gasteiger partial charge >= 0.3 is 0 Å². The standard InChI is InChI=1S/C20H26N2OS/c23-20(9-8-19-10-13-24-16-19)21-14-17-4-6-18(7-5-17)15-22-11-2-1-3-12-22/h4-7,10,13,16H,1-3,8-9,11-12,14-15H2,(H,21,23). The Balaban J connectivity index is 1.39. The van der Waals surface area contributed by atoms with Crippen LogP contribution >= 0.6 is 11.3 Å². The van der Waals surface area contributed by atoms with Crippen LogP contribution in [0.4, 0.5) is 0 Å².